The maximum absolute atomic E-state index is 12.1. The van der Waals surface area contributed by atoms with E-state index in [-0.39, 0.29) is 12.5 Å². The molecule has 0 fully saturated rings. The lowest BCUT2D eigenvalue weighted by atomic mass is 10.1. The van der Waals surface area contributed by atoms with Gasteiger partial charge in [0, 0.05) is 5.69 Å². The third-order valence-electron chi connectivity index (χ3n) is 3.65. The van der Waals surface area contributed by atoms with Gasteiger partial charge in [-0.15, -0.1) is 0 Å². The third-order valence-corrected chi connectivity index (χ3v) is 3.65. The molecular formula is C20H23NO4. The lowest BCUT2D eigenvalue weighted by molar-refractivity contribution is -0.154. The van der Waals surface area contributed by atoms with Gasteiger partial charge in [-0.2, -0.15) is 0 Å². The molecule has 5 heteroatoms. The van der Waals surface area contributed by atoms with E-state index in [0.717, 1.165) is 6.42 Å². The third kappa shape index (κ3) is 5.95. The molecule has 0 saturated carbocycles. The quantitative estimate of drug-likeness (QED) is 0.745. The van der Waals surface area contributed by atoms with E-state index in [2.05, 4.69) is 12.2 Å². The molecule has 0 radical (unpaired) electrons. The van der Waals surface area contributed by atoms with Crippen LogP contribution in [0.25, 0.3) is 0 Å². The zero-order valence-corrected chi connectivity index (χ0v) is 14.5. The van der Waals surface area contributed by atoms with Gasteiger partial charge in [-0.3, -0.25) is 4.79 Å². The Hall–Kier alpha value is -2.82. The van der Waals surface area contributed by atoms with Crippen LogP contribution >= 0.6 is 0 Å². The maximum Gasteiger partial charge on any atom is 0.347 e. The second-order valence-corrected chi connectivity index (χ2v) is 5.53. The van der Waals surface area contributed by atoms with Gasteiger partial charge in [0.1, 0.15) is 5.75 Å². The molecular weight excluding hydrogens is 318 g/mol. The molecule has 1 atom stereocenters. The van der Waals surface area contributed by atoms with E-state index in [0.29, 0.717) is 17.9 Å². The summed E-state index contributed by atoms with van der Waals surface area (Å²) in [5, 5.41) is 2.70. The molecule has 0 bridgehead atoms. The summed E-state index contributed by atoms with van der Waals surface area (Å²) in [6, 6.07) is 16.6. The predicted octanol–water partition coefficient (Wildman–Crippen LogP) is 3.59. The van der Waals surface area contributed by atoms with Crippen molar-refractivity contribution >= 4 is 17.6 Å². The maximum atomic E-state index is 12.1. The van der Waals surface area contributed by atoms with E-state index >= 15 is 0 Å². The van der Waals surface area contributed by atoms with Crippen LogP contribution in [0, 0.1) is 0 Å². The molecule has 0 aliphatic carbocycles. The Bertz CT molecular complexity index is 683. The van der Waals surface area contributed by atoms with Gasteiger partial charge in [-0.05, 0) is 42.7 Å². The number of esters is 1. The molecule has 0 aliphatic rings. The Kier molecular flexibility index (Phi) is 7.01. The van der Waals surface area contributed by atoms with Gasteiger partial charge >= 0.3 is 5.97 Å². The SMILES string of the molecule is CCc1ccc(NC(=O)COC(=O)[C@@H](CC)Oc2ccccc2)cc1. The lowest BCUT2D eigenvalue weighted by Crippen LogP contribution is -2.31. The van der Waals surface area contributed by atoms with Crippen LogP contribution in [-0.4, -0.2) is 24.6 Å². The lowest BCUT2D eigenvalue weighted by Gasteiger charge is -2.16. The second kappa shape index (κ2) is 9.47. The van der Waals surface area contributed by atoms with Crippen molar-refractivity contribution in [1.82, 2.24) is 0 Å². The predicted molar refractivity (Wildman–Crippen MR) is 96.6 cm³/mol. The van der Waals surface area contributed by atoms with Crippen LogP contribution in [0.5, 0.6) is 5.75 Å². The van der Waals surface area contributed by atoms with Crippen molar-refractivity contribution in [2.45, 2.75) is 32.8 Å². The Morgan fingerprint density at radius 3 is 2.28 bits per heavy atom. The average Bonchev–Trinajstić information content (AvgIpc) is 2.65. The molecule has 0 heterocycles. The van der Waals surface area contributed by atoms with E-state index in [1.165, 1.54) is 5.56 Å². The fraction of sp³-hybridized carbons (Fsp3) is 0.300. The van der Waals surface area contributed by atoms with E-state index in [4.69, 9.17) is 9.47 Å². The molecule has 0 saturated heterocycles. The first-order valence-corrected chi connectivity index (χ1v) is 8.39. The number of hydrogen-bond acceptors (Lipinski definition) is 4. The van der Waals surface area contributed by atoms with E-state index < -0.39 is 12.1 Å². The zero-order chi connectivity index (χ0) is 18.1. The summed E-state index contributed by atoms with van der Waals surface area (Å²) >= 11 is 0. The molecule has 1 N–H and O–H groups in total. The zero-order valence-electron chi connectivity index (χ0n) is 14.5. The Labute approximate surface area is 148 Å². The fourth-order valence-electron chi connectivity index (χ4n) is 2.21. The molecule has 0 aromatic heterocycles. The highest BCUT2D eigenvalue weighted by Crippen LogP contribution is 2.14. The number of anilines is 1. The van der Waals surface area contributed by atoms with Crippen molar-refractivity contribution < 1.29 is 19.1 Å². The van der Waals surface area contributed by atoms with E-state index in [9.17, 15) is 9.59 Å². The molecule has 0 aliphatic heterocycles. The van der Waals surface area contributed by atoms with Crippen LogP contribution in [0.3, 0.4) is 0 Å². The normalized spacial score (nSPS) is 11.4. The summed E-state index contributed by atoms with van der Waals surface area (Å²) in [5.74, 6) is -0.346. The first-order chi connectivity index (χ1) is 12.1. The Morgan fingerprint density at radius 2 is 1.68 bits per heavy atom. The highest BCUT2D eigenvalue weighted by molar-refractivity contribution is 5.93. The summed E-state index contributed by atoms with van der Waals surface area (Å²) < 4.78 is 10.7. The number of benzene rings is 2. The van der Waals surface area contributed by atoms with Gasteiger partial charge < -0.3 is 14.8 Å². The van der Waals surface area contributed by atoms with E-state index in [1.54, 1.807) is 12.1 Å². The Morgan fingerprint density at radius 1 is 1.00 bits per heavy atom. The van der Waals surface area contributed by atoms with Gasteiger partial charge in [0.25, 0.3) is 5.91 Å². The number of aryl methyl sites for hydroxylation is 1. The number of carbonyl (C=O) groups is 2. The molecule has 2 rings (SSSR count). The summed E-state index contributed by atoms with van der Waals surface area (Å²) in [6.07, 6.45) is 0.651. The van der Waals surface area contributed by atoms with Crippen LogP contribution < -0.4 is 10.1 Å². The molecule has 2 aromatic carbocycles. The topological polar surface area (TPSA) is 64.6 Å². The van der Waals surface area contributed by atoms with Crippen molar-refractivity contribution in [3.63, 3.8) is 0 Å². The number of rotatable bonds is 8. The largest absolute Gasteiger partial charge is 0.479 e. The second-order valence-electron chi connectivity index (χ2n) is 5.53. The monoisotopic (exact) mass is 341 g/mol. The summed E-state index contributed by atoms with van der Waals surface area (Å²) in [5.41, 5.74) is 1.86. The van der Waals surface area contributed by atoms with Crippen LogP contribution in [-0.2, 0) is 20.7 Å². The number of ether oxygens (including phenoxy) is 2. The minimum atomic E-state index is -0.737. The number of para-hydroxylation sites is 1. The van der Waals surface area contributed by atoms with Crippen LogP contribution in [0.4, 0.5) is 5.69 Å². The van der Waals surface area contributed by atoms with Gasteiger partial charge in [-0.25, -0.2) is 4.79 Å². The van der Waals surface area contributed by atoms with Gasteiger partial charge in [0.15, 0.2) is 12.7 Å². The highest BCUT2D eigenvalue weighted by Gasteiger charge is 2.21. The smallest absolute Gasteiger partial charge is 0.347 e. The minimum absolute atomic E-state index is 0.344. The highest BCUT2D eigenvalue weighted by atomic mass is 16.6. The van der Waals surface area contributed by atoms with Crippen molar-refractivity contribution in [2.75, 3.05) is 11.9 Å². The van der Waals surface area contributed by atoms with Crippen LogP contribution in [0.1, 0.15) is 25.8 Å². The molecule has 25 heavy (non-hydrogen) atoms. The molecule has 0 spiro atoms. The number of hydrogen-bond donors (Lipinski definition) is 1. The van der Waals surface area contributed by atoms with Gasteiger partial charge in [0.2, 0.25) is 0 Å². The molecule has 5 nitrogen and oxygen atoms in total. The van der Waals surface area contributed by atoms with Crippen LogP contribution in [0.15, 0.2) is 54.6 Å². The Balaban J connectivity index is 1.81. The number of carbonyl (C=O) groups excluding carboxylic acids is 2. The summed E-state index contributed by atoms with van der Waals surface area (Å²) in [6.45, 7) is 3.54. The van der Waals surface area contributed by atoms with Crippen molar-refractivity contribution in [3.8, 4) is 5.75 Å². The molecule has 0 unspecified atom stereocenters. The van der Waals surface area contributed by atoms with E-state index in [1.807, 2.05) is 49.4 Å². The van der Waals surface area contributed by atoms with Gasteiger partial charge in [-0.1, -0.05) is 44.2 Å². The molecule has 132 valence electrons. The minimum Gasteiger partial charge on any atom is -0.479 e. The molecule has 1 amide bonds. The summed E-state index contributed by atoms with van der Waals surface area (Å²) in [4.78, 5) is 24.0. The standard InChI is InChI=1S/C20H23NO4/c1-3-15-10-12-16(13-11-15)21-19(22)14-24-20(23)18(4-2)25-17-8-6-5-7-9-17/h5-13,18H,3-4,14H2,1-2H3,(H,21,22)/t18-/m1/s1. The molecule has 2 aromatic rings. The van der Waals surface area contributed by atoms with Crippen LogP contribution in [0.2, 0.25) is 0 Å². The first kappa shape index (κ1) is 18.5. The fourth-order valence-corrected chi connectivity index (χ4v) is 2.21. The number of amides is 1. The van der Waals surface area contributed by atoms with Crippen molar-refractivity contribution in [3.05, 3.63) is 60.2 Å². The van der Waals surface area contributed by atoms with Crippen molar-refractivity contribution in [1.29, 1.82) is 0 Å². The number of nitrogens with one attached hydrogen (secondary N) is 1. The first-order valence-electron chi connectivity index (χ1n) is 8.39. The van der Waals surface area contributed by atoms with Gasteiger partial charge in [0.05, 0.1) is 0 Å². The average molecular weight is 341 g/mol. The summed E-state index contributed by atoms with van der Waals surface area (Å²) in [7, 11) is 0. The van der Waals surface area contributed by atoms with Crippen molar-refractivity contribution in [2.24, 2.45) is 0 Å².